The number of hydrogen-bond acceptors (Lipinski definition) is 6. The average molecular weight is 324 g/mol. The fraction of sp³-hybridized carbons (Fsp3) is 0.812. The van der Waals surface area contributed by atoms with E-state index in [0.29, 0.717) is 5.96 Å². The van der Waals surface area contributed by atoms with Crippen LogP contribution in [0.1, 0.15) is 27.7 Å². The molecule has 0 aromatic carbocycles. The Hall–Kier alpha value is -1.63. The van der Waals surface area contributed by atoms with Crippen LogP contribution in [-0.2, 0) is 14.3 Å². The fourth-order valence-corrected chi connectivity index (χ4v) is 3.04. The molecule has 2 rings (SSSR count). The number of piperazine rings is 1. The Morgan fingerprint density at radius 2 is 1.96 bits per heavy atom. The van der Waals surface area contributed by atoms with Gasteiger partial charge in [-0.15, -0.1) is 0 Å². The summed E-state index contributed by atoms with van der Waals surface area (Å²) in [4.78, 5) is 33.7. The Bertz CT molecular complexity index is 470. The minimum absolute atomic E-state index is 0.0855. The molecular formula is C16H28N4O3. The maximum absolute atomic E-state index is 12.5. The van der Waals surface area contributed by atoms with Crippen molar-refractivity contribution in [2.24, 2.45) is 16.8 Å². The van der Waals surface area contributed by atoms with E-state index in [-0.39, 0.29) is 24.5 Å². The molecule has 0 spiro atoms. The molecule has 0 aromatic rings. The predicted molar refractivity (Wildman–Crippen MR) is 88.0 cm³/mol. The normalized spacial score (nSPS) is 26.0. The van der Waals surface area contributed by atoms with Gasteiger partial charge in [0.1, 0.15) is 0 Å². The molecule has 0 radical (unpaired) electrons. The number of nitrogens with one attached hydrogen (secondary N) is 1. The van der Waals surface area contributed by atoms with Crippen LogP contribution in [0.2, 0.25) is 0 Å². The van der Waals surface area contributed by atoms with E-state index in [9.17, 15) is 9.59 Å². The van der Waals surface area contributed by atoms with Crippen molar-refractivity contribution in [3.63, 3.8) is 0 Å². The molecule has 7 heteroatoms. The first kappa shape index (κ1) is 17.7. The highest BCUT2D eigenvalue weighted by molar-refractivity contribution is 6.08. The summed E-state index contributed by atoms with van der Waals surface area (Å²) < 4.78 is 5.05. The Morgan fingerprint density at radius 3 is 2.48 bits per heavy atom. The molecule has 0 aromatic heterocycles. The molecule has 0 saturated carbocycles. The van der Waals surface area contributed by atoms with Crippen molar-refractivity contribution in [1.29, 1.82) is 0 Å². The van der Waals surface area contributed by atoms with Crippen molar-refractivity contribution >= 4 is 17.8 Å². The second-order valence-corrected chi connectivity index (χ2v) is 6.33. The summed E-state index contributed by atoms with van der Waals surface area (Å²) in [6.07, 6.45) is 0. The van der Waals surface area contributed by atoms with Gasteiger partial charge in [0.15, 0.2) is 5.92 Å². The molecule has 2 heterocycles. The summed E-state index contributed by atoms with van der Waals surface area (Å²) in [6, 6.07) is -0.373. The largest absolute Gasteiger partial charge is 0.465 e. The van der Waals surface area contributed by atoms with Gasteiger partial charge in [-0.1, -0.05) is 20.8 Å². The van der Waals surface area contributed by atoms with Gasteiger partial charge in [-0.2, -0.15) is 0 Å². The summed E-state index contributed by atoms with van der Waals surface area (Å²) in [5.74, 6) is -0.949. The maximum atomic E-state index is 12.5. The Balaban J connectivity index is 2.15. The zero-order valence-electron chi connectivity index (χ0n) is 14.5. The highest BCUT2D eigenvalue weighted by Gasteiger charge is 2.42. The minimum Gasteiger partial charge on any atom is -0.465 e. The topological polar surface area (TPSA) is 74.2 Å². The summed E-state index contributed by atoms with van der Waals surface area (Å²) >= 11 is 0. The third kappa shape index (κ3) is 4.02. The van der Waals surface area contributed by atoms with Gasteiger partial charge in [0.2, 0.25) is 11.9 Å². The van der Waals surface area contributed by atoms with Crippen molar-refractivity contribution in [2.45, 2.75) is 33.7 Å². The summed E-state index contributed by atoms with van der Waals surface area (Å²) in [5.41, 5.74) is 0. The molecule has 2 unspecified atom stereocenters. The molecule has 2 atom stereocenters. The number of ether oxygens (including phenoxy) is 1. The molecule has 1 fully saturated rings. The molecule has 130 valence electrons. The van der Waals surface area contributed by atoms with Crippen LogP contribution >= 0.6 is 0 Å². The number of aliphatic imine (C=N–C) groups is 1. The lowest BCUT2D eigenvalue weighted by molar-refractivity contribution is -0.153. The first-order chi connectivity index (χ1) is 11.0. The number of hydrogen-bond donors (Lipinski definition) is 1. The van der Waals surface area contributed by atoms with Gasteiger partial charge in [-0.3, -0.25) is 14.9 Å². The number of carbonyl (C=O) groups is 2. The number of rotatable bonds is 4. The van der Waals surface area contributed by atoms with Gasteiger partial charge >= 0.3 is 5.97 Å². The van der Waals surface area contributed by atoms with Gasteiger partial charge in [-0.25, -0.2) is 4.99 Å². The zero-order valence-corrected chi connectivity index (χ0v) is 14.5. The molecule has 2 aliphatic heterocycles. The Kier molecular flexibility index (Phi) is 5.98. The average Bonchev–Trinajstić information content (AvgIpc) is 2.54. The van der Waals surface area contributed by atoms with E-state index in [1.54, 1.807) is 6.92 Å². The minimum atomic E-state index is -0.851. The van der Waals surface area contributed by atoms with E-state index in [0.717, 1.165) is 32.7 Å². The lowest BCUT2D eigenvalue weighted by atomic mass is 9.89. The first-order valence-corrected chi connectivity index (χ1v) is 8.50. The second kappa shape index (κ2) is 7.77. The van der Waals surface area contributed by atoms with Crippen LogP contribution in [0.5, 0.6) is 0 Å². The third-order valence-corrected chi connectivity index (χ3v) is 4.47. The summed E-state index contributed by atoms with van der Waals surface area (Å²) in [7, 11) is 0. The summed E-state index contributed by atoms with van der Waals surface area (Å²) in [6.45, 7) is 12.7. The van der Waals surface area contributed by atoms with Crippen LogP contribution in [0.3, 0.4) is 0 Å². The quantitative estimate of drug-likeness (QED) is 0.595. The van der Waals surface area contributed by atoms with Crippen molar-refractivity contribution < 1.29 is 14.3 Å². The zero-order chi connectivity index (χ0) is 17.0. The van der Waals surface area contributed by atoms with E-state index >= 15 is 0 Å². The Morgan fingerprint density at radius 1 is 1.30 bits per heavy atom. The smallest absolute Gasteiger partial charge is 0.320 e. The number of esters is 1. The second-order valence-electron chi connectivity index (χ2n) is 6.33. The first-order valence-electron chi connectivity index (χ1n) is 8.50. The van der Waals surface area contributed by atoms with Crippen molar-refractivity contribution in [2.75, 3.05) is 39.3 Å². The molecule has 0 bridgehead atoms. The molecule has 1 amide bonds. The number of nitrogens with zero attached hydrogens (tertiary/aromatic N) is 3. The molecule has 1 N–H and O–H groups in total. The number of carbonyl (C=O) groups excluding carboxylic acids is 2. The van der Waals surface area contributed by atoms with Gasteiger partial charge < -0.3 is 14.5 Å². The van der Waals surface area contributed by atoms with Gasteiger partial charge in [-0.05, 0) is 19.4 Å². The van der Waals surface area contributed by atoms with Gasteiger partial charge in [0.05, 0.1) is 12.6 Å². The molecule has 23 heavy (non-hydrogen) atoms. The van der Waals surface area contributed by atoms with E-state index < -0.39 is 11.9 Å². The third-order valence-electron chi connectivity index (χ3n) is 4.47. The van der Waals surface area contributed by atoms with Crippen LogP contribution in [0, 0.1) is 11.8 Å². The SMILES string of the molecule is CCOC(=O)C1C(=O)NC(N2CCN(CC)CC2)=NC1C(C)C. The van der Waals surface area contributed by atoms with Crippen LogP contribution < -0.4 is 5.32 Å². The van der Waals surface area contributed by atoms with Crippen LogP contribution in [0.15, 0.2) is 4.99 Å². The highest BCUT2D eigenvalue weighted by Crippen LogP contribution is 2.23. The van der Waals surface area contributed by atoms with Crippen LogP contribution in [0.4, 0.5) is 0 Å². The molecule has 1 saturated heterocycles. The maximum Gasteiger partial charge on any atom is 0.320 e. The number of likely N-dealkylation sites (N-methyl/N-ethyl adjacent to an activating group) is 1. The van der Waals surface area contributed by atoms with Crippen molar-refractivity contribution in [1.82, 2.24) is 15.1 Å². The highest BCUT2D eigenvalue weighted by atomic mass is 16.5. The molecular weight excluding hydrogens is 296 g/mol. The van der Waals surface area contributed by atoms with E-state index in [1.807, 2.05) is 13.8 Å². The van der Waals surface area contributed by atoms with Gasteiger partial charge in [0, 0.05) is 26.2 Å². The van der Waals surface area contributed by atoms with Gasteiger partial charge in [0.25, 0.3) is 0 Å². The van der Waals surface area contributed by atoms with Crippen LogP contribution in [0.25, 0.3) is 0 Å². The van der Waals surface area contributed by atoms with E-state index in [1.165, 1.54) is 0 Å². The number of amides is 1. The lowest BCUT2D eigenvalue weighted by Gasteiger charge is -2.39. The fourth-order valence-electron chi connectivity index (χ4n) is 3.04. The molecule has 2 aliphatic rings. The Labute approximate surface area is 138 Å². The standard InChI is InChI=1S/C16H28N4O3/c1-5-19-7-9-20(10-8-19)16-17-13(11(3)4)12(14(21)18-16)15(22)23-6-2/h11-13H,5-10H2,1-4H3,(H,17,18,21). The van der Waals surface area contributed by atoms with Crippen molar-refractivity contribution in [3.8, 4) is 0 Å². The predicted octanol–water partition coefficient (Wildman–Crippen LogP) is 0.314. The van der Waals surface area contributed by atoms with E-state index in [4.69, 9.17) is 4.74 Å². The molecule has 7 nitrogen and oxygen atoms in total. The van der Waals surface area contributed by atoms with Crippen molar-refractivity contribution in [3.05, 3.63) is 0 Å². The van der Waals surface area contributed by atoms with Crippen LogP contribution in [-0.4, -0.2) is 73.0 Å². The number of guanidine groups is 1. The molecule has 0 aliphatic carbocycles. The lowest BCUT2D eigenvalue weighted by Crippen LogP contribution is -2.59. The summed E-state index contributed by atoms with van der Waals surface area (Å²) in [5, 5.41) is 2.81. The monoisotopic (exact) mass is 324 g/mol. The van der Waals surface area contributed by atoms with E-state index in [2.05, 4.69) is 27.0 Å².